The smallest absolute Gasteiger partial charge is 0.261 e. The highest BCUT2D eigenvalue weighted by Gasteiger charge is 2.20. The van der Waals surface area contributed by atoms with Gasteiger partial charge in [-0.15, -0.1) is 11.3 Å². The van der Waals surface area contributed by atoms with Crippen LogP contribution in [0.15, 0.2) is 54.6 Å². The standard InChI is InChI=1S/C24H25ClN4O2S/c1-15-20-13-22(32-24(20)29(27-15)18-9-7-17(25)8-10-18)23(30)26-14-21(28(2)3)16-5-11-19(31-4)12-6-16/h5-13,21H,14H2,1-4H3,(H,26,30). The van der Waals surface area contributed by atoms with Crippen LogP contribution in [0.25, 0.3) is 15.9 Å². The van der Waals surface area contributed by atoms with Gasteiger partial charge in [0.2, 0.25) is 0 Å². The molecule has 0 aliphatic carbocycles. The van der Waals surface area contributed by atoms with E-state index in [1.54, 1.807) is 7.11 Å². The van der Waals surface area contributed by atoms with Gasteiger partial charge in [-0.3, -0.25) is 4.79 Å². The van der Waals surface area contributed by atoms with Gasteiger partial charge in [0, 0.05) is 17.0 Å². The van der Waals surface area contributed by atoms with Gasteiger partial charge in [0.1, 0.15) is 10.6 Å². The fourth-order valence-electron chi connectivity index (χ4n) is 3.62. The molecule has 2 aromatic heterocycles. The lowest BCUT2D eigenvalue weighted by molar-refractivity contribution is 0.0946. The monoisotopic (exact) mass is 468 g/mol. The average molecular weight is 469 g/mol. The number of ether oxygens (including phenoxy) is 1. The maximum absolute atomic E-state index is 13.0. The van der Waals surface area contributed by atoms with Gasteiger partial charge in [0.25, 0.3) is 5.91 Å². The van der Waals surface area contributed by atoms with Gasteiger partial charge in [0.15, 0.2) is 0 Å². The number of aryl methyl sites for hydroxylation is 1. The van der Waals surface area contributed by atoms with Crippen molar-refractivity contribution in [2.24, 2.45) is 0 Å². The number of carbonyl (C=O) groups is 1. The summed E-state index contributed by atoms with van der Waals surface area (Å²) in [6.07, 6.45) is 0. The van der Waals surface area contributed by atoms with Crippen LogP contribution in [0.5, 0.6) is 5.75 Å². The number of halogens is 1. The number of nitrogens with one attached hydrogen (secondary N) is 1. The van der Waals surface area contributed by atoms with Crippen LogP contribution >= 0.6 is 22.9 Å². The van der Waals surface area contributed by atoms with Gasteiger partial charge >= 0.3 is 0 Å². The van der Waals surface area contributed by atoms with E-state index in [1.807, 2.05) is 80.3 Å². The molecule has 0 radical (unpaired) electrons. The zero-order chi connectivity index (χ0) is 22.8. The minimum Gasteiger partial charge on any atom is -0.497 e. The minimum absolute atomic E-state index is 0.0468. The Hall–Kier alpha value is -2.87. The third-order valence-electron chi connectivity index (χ3n) is 5.42. The van der Waals surface area contributed by atoms with Crippen LogP contribution in [-0.2, 0) is 0 Å². The predicted molar refractivity (Wildman–Crippen MR) is 130 cm³/mol. The van der Waals surface area contributed by atoms with Crippen molar-refractivity contribution in [2.75, 3.05) is 27.7 Å². The van der Waals surface area contributed by atoms with Crippen LogP contribution in [-0.4, -0.2) is 48.3 Å². The molecule has 1 N–H and O–H groups in total. The third kappa shape index (κ3) is 4.50. The second-order valence-electron chi connectivity index (χ2n) is 7.77. The Labute approximate surface area is 196 Å². The summed E-state index contributed by atoms with van der Waals surface area (Å²) in [6, 6.07) is 17.4. The topological polar surface area (TPSA) is 59.4 Å². The third-order valence-corrected chi connectivity index (χ3v) is 6.78. The molecule has 4 rings (SSSR count). The lowest BCUT2D eigenvalue weighted by Gasteiger charge is -2.25. The summed E-state index contributed by atoms with van der Waals surface area (Å²) in [5.41, 5.74) is 2.91. The molecule has 1 atom stereocenters. The number of amides is 1. The van der Waals surface area contributed by atoms with Gasteiger partial charge in [-0.2, -0.15) is 5.10 Å². The number of methoxy groups -OCH3 is 1. The van der Waals surface area contributed by atoms with Crippen molar-refractivity contribution in [1.82, 2.24) is 20.0 Å². The molecule has 6 nitrogen and oxygen atoms in total. The molecule has 1 amide bonds. The summed E-state index contributed by atoms with van der Waals surface area (Å²) in [5, 5.41) is 9.39. The quantitative estimate of drug-likeness (QED) is 0.410. The van der Waals surface area contributed by atoms with Gasteiger partial charge < -0.3 is 15.0 Å². The van der Waals surface area contributed by atoms with E-state index in [4.69, 9.17) is 16.3 Å². The van der Waals surface area contributed by atoms with E-state index in [1.165, 1.54) is 11.3 Å². The SMILES string of the molecule is COc1ccc(C(CNC(=O)c2cc3c(C)nn(-c4ccc(Cl)cc4)c3s2)N(C)C)cc1. The van der Waals surface area contributed by atoms with Crippen molar-refractivity contribution < 1.29 is 9.53 Å². The number of hydrogen-bond acceptors (Lipinski definition) is 5. The number of thiophene rings is 1. The molecule has 0 bridgehead atoms. The normalized spacial score (nSPS) is 12.3. The number of aromatic nitrogens is 2. The van der Waals surface area contributed by atoms with E-state index < -0.39 is 0 Å². The van der Waals surface area contributed by atoms with Crippen molar-refractivity contribution >= 4 is 39.1 Å². The van der Waals surface area contributed by atoms with Gasteiger partial charge in [0.05, 0.1) is 29.4 Å². The second-order valence-corrected chi connectivity index (χ2v) is 9.23. The summed E-state index contributed by atoms with van der Waals surface area (Å²) in [4.78, 5) is 16.7. The van der Waals surface area contributed by atoms with Crippen molar-refractivity contribution in [3.63, 3.8) is 0 Å². The highest BCUT2D eigenvalue weighted by atomic mass is 35.5. The summed E-state index contributed by atoms with van der Waals surface area (Å²) < 4.78 is 7.11. The first-order valence-corrected chi connectivity index (χ1v) is 11.4. The summed E-state index contributed by atoms with van der Waals surface area (Å²) in [6.45, 7) is 2.45. The average Bonchev–Trinajstić information content (AvgIpc) is 3.35. The van der Waals surface area contributed by atoms with Crippen LogP contribution in [0.2, 0.25) is 5.02 Å². The number of carbonyl (C=O) groups excluding carboxylic acids is 1. The highest BCUT2D eigenvalue weighted by Crippen LogP contribution is 2.31. The van der Waals surface area contributed by atoms with Crippen molar-refractivity contribution in [3.8, 4) is 11.4 Å². The molecule has 0 saturated carbocycles. The molecule has 8 heteroatoms. The van der Waals surface area contributed by atoms with E-state index in [2.05, 4.69) is 15.3 Å². The molecule has 32 heavy (non-hydrogen) atoms. The molecule has 0 aliphatic rings. The van der Waals surface area contributed by atoms with E-state index in [0.29, 0.717) is 16.4 Å². The Balaban J connectivity index is 1.54. The first kappa shape index (κ1) is 22.3. The van der Waals surface area contributed by atoms with Crippen LogP contribution in [0.1, 0.15) is 27.0 Å². The molecule has 0 saturated heterocycles. The number of benzene rings is 2. The molecule has 1 unspecified atom stereocenters. The summed E-state index contributed by atoms with van der Waals surface area (Å²) in [7, 11) is 5.66. The molecular weight excluding hydrogens is 444 g/mol. The summed E-state index contributed by atoms with van der Waals surface area (Å²) in [5.74, 6) is 0.722. The first-order chi connectivity index (χ1) is 15.4. The molecule has 0 spiro atoms. The van der Waals surface area contributed by atoms with E-state index in [9.17, 15) is 4.79 Å². The summed E-state index contributed by atoms with van der Waals surface area (Å²) >= 11 is 7.46. The number of hydrogen-bond donors (Lipinski definition) is 1. The Morgan fingerprint density at radius 1 is 1.19 bits per heavy atom. The highest BCUT2D eigenvalue weighted by molar-refractivity contribution is 7.20. The van der Waals surface area contributed by atoms with E-state index in [0.717, 1.165) is 32.9 Å². The first-order valence-electron chi connectivity index (χ1n) is 10.2. The van der Waals surface area contributed by atoms with Crippen molar-refractivity contribution in [2.45, 2.75) is 13.0 Å². The van der Waals surface area contributed by atoms with Gasteiger partial charge in [-0.1, -0.05) is 23.7 Å². The fourth-order valence-corrected chi connectivity index (χ4v) is 4.84. The van der Waals surface area contributed by atoms with E-state index in [-0.39, 0.29) is 11.9 Å². The number of rotatable bonds is 7. The lowest BCUT2D eigenvalue weighted by atomic mass is 10.1. The maximum Gasteiger partial charge on any atom is 0.261 e. The zero-order valence-electron chi connectivity index (χ0n) is 18.4. The zero-order valence-corrected chi connectivity index (χ0v) is 20.0. The minimum atomic E-state index is -0.0892. The second kappa shape index (κ2) is 9.32. The Kier molecular flexibility index (Phi) is 6.50. The van der Waals surface area contributed by atoms with Crippen LogP contribution in [0, 0.1) is 6.92 Å². The number of fused-ring (bicyclic) bond motifs is 1. The molecule has 166 valence electrons. The number of likely N-dealkylation sites (N-methyl/N-ethyl adjacent to an activating group) is 1. The fraction of sp³-hybridized carbons (Fsp3) is 0.250. The Bertz CT molecular complexity index is 1230. The van der Waals surface area contributed by atoms with E-state index >= 15 is 0 Å². The molecule has 0 aliphatic heterocycles. The van der Waals surface area contributed by atoms with Crippen LogP contribution in [0.4, 0.5) is 0 Å². The van der Waals surface area contributed by atoms with Crippen molar-refractivity contribution in [1.29, 1.82) is 0 Å². The van der Waals surface area contributed by atoms with Crippen molar-refractivity contribution in [3.05, 3.63) is 75.8 Å². The largest absolute Gasteiger partial charge is 0.497 e. The Morgan fingerprint density at radius 2 is 1.88 bits per heavy atom. The van der Waals surface area contributed by atoms with Gasteiger partial charge in [-0.25, -0.2) is 4.68 Å². The molecule has 2 aromatic carbocycles. The molecule has 4 aromatic rings. The lowest BCUT2D eigenvalue weighted by Crippen LogP contribution is -2.34. The maximum atomic E-state index is 13.0. The molecule has 0 fully saturated rings. The van der Waals surface area contributed by atoms with Gasteiger partial charge in [-0.05, 0) is 69.0 Å². The Morgan fingerprint density at radius 3 is 2.50 bits per heavy atom. The predicted octanol–water partition coefficient (Wildman–Crippen LogP) is 5.09. The molecular formula is C24H25ClN4O2S. The molecule has 2 heterocycles. The number of nitrogens with zero attached hydrogens (tertiary/aromatic N) is 3. The van der Waals surface area contributed by atoms with Crippen LogP contribution < -0.4 is 10.1 Å². The van der Waals surface area contributed by atoms with Crippen LogP contribution in [0.3, 0.4) is 0 Å².